The van der Waals surface area contributed by atoms with Gasteiger partial charge >= 0.3 is 0 Å². The maximum absolute atomic E-state index is 12.8. The van der Waals surface area contributed by atoms with Crippen molar-refractivity contribution in [1.29, 1.82) is 0 Å². The first-order chi connectivity index (χ1) is 8.08. The van der Waals surface area contributed by atoms with Crippen LogP contribution in [0.3, 0.4) is 0 Å². The summed E-state index contributed by atoms with van der Waals surface area (Å²) < 4.78 is 12.8. The average Bonchev–Trinajstić information content (AvgIpc) is 2.29. The first-order valence-corrected chi connectivity index (χ1v) is 5.65. The summed E-state index contributed by atoms with van der Waals surface area (Å²) in [4.78, 5) is 13.4. The van der Waals surface area contributed by atoms with Gasteiger partial charge in [0.05, 0.1) is 17.9 Å². The van der Waals surface area contributed by atoms with Gasteiger partial charge in [-0.25, -0.2) is 4.39 Å². The molecule has 17 heavy (non-hydrogen) atoms. The van der Waals surface area contributed by atoms with Gasteiger partial charge in [-0.05, 0) is 32.0 Å². The van der Waals surface area contributed by atoms with Crippen LogP contribution in [0, 0.1) is 5.82 Å². The summed E-state index contributed by atoms with van der Waals surface area (Å²) in [6, 6.07) is 4.06. The number of amides is 1. The maximum atomic E-state index is 12.8. The molecule has 0 aliphatic carbocycles. The molecule has 0 saturated heterocycles. The quantitative estimate of drug-likeness (QED) is 0.769. The van der Waals surface area contributed by atoms with E-state index in [0.29, 0.717) is 24.5 Å². The van der Waals surface area contributed by atoms with Crippen LogP contribution in [0.2, 0.25) is 0 Å². The van der Waals surface area contributed by atoms with Crippen LogP contribution >= 0.6 is 0 Å². The molecule has 0 fully saturated rings. The monoisotopic (exact) mass is 239 g/mol. The average molecular weight is 239 g/mol. The van der Waals surface area contributed by atoms with Gasteiger partial charge in [0, 0.05) is 13.1 Å². The topological polar surface area (TPSA) is 58.4 Å². The van der Waals surface area contributed by atoms with Crippen LogP contribution in [0.15, 0.2) is 18.2 Å². The summed E-state index contributed by atoms with van der Waals surface area (Å²) in [6.45, 7) is 5.37. The molecule has 5 heteroatoms. The highest BCUT2D eigenvalue weighted by Gasteiger charge is 2.09. The van der Waals surface area contributed by atoms with Gasteiger partial charge in [0.15, 0.2) is 0 Å². The highest BCUT2D eigenvalue weighted by atomic mass is 19.1. The Kier molecular flexibility index (Phi) is 4.75. The van der Waals surface area contributed by atoms with E-state index in [9.17, 15) is 9.18 Å². The van der Waals surface area contributed by atoms with Crippen LogP contribution in [0.1, 0.15) is 13.8 Å². The number of nitrogens with one attached hydrogen (secondary N) is 1. The molecule has 0 aromatic heterocycles. The van der Waals surface area contributed by atoms with Crippen LogP contribution in [-0.2, 0) is 4.79 Å². The van der Waals surface area contributed by atoms with Crippen molar-refractivity contribution in [2.24, 2.45) is 0 Å². The second kappa shape index (κ2) is 6.08. The van der Waals surface area contributed by atoms with E-state index in [2.05, 4.69) is 5.32 Å². The van der Waals surface area contributed by atoms with Crippen LogP contribution < -0.4 is 11.1 Å². The van der Waals surface area contributed by atoms with Crippen LogP contribution in [-0.4, -0.2) is 30.4 Å². The molecule has 0 unspecified atom stereocenters. The number of halogens is 1. The summed E-state index contributed by atoms with van der Waals surface area (Å²) >= 11 is 0. The van der Waals surface area contributed by atoms with Crippen molar-refractivity contribution in [3.8, 4) is 0 Å². The third-order valence-corrected chi connectivity index (χ3v) is 2.56. The molecular weight excluding hydrogens is 221 g/mol. The van der Waals surface area contributed by atoms with E-state index in [4.69, 9.17) is 5.73 Å². The van der Waals surface area contributed by atoms with E-state index in [1.807, 2.05) is 13.8 Å². The lowest BCUT2D eigenvalue weighted by atomic mass is 10.2. The van der Waals surface area contributed by atoms with Gasteiger partial charge in [-0.3, -0.25) is 4.79 Å². The van der Waals surface area contributed by atoms with Gasteiger partial charge in [0.1, 0.15) is 5.82 Å². The Morgan fingerprint density at radius 3 is 2.59 bits per heavy atom. The Morgan fingerprint density at radius 1 is 1.41 bits per heavy atom. The maximum Gasteiger partial charge on any atom is 0.241 e. The summed E-state index contributed by atoms with van der Waals surface area (Å²) in [7, 11) is 0. The smallest absolute Gasteiger partial charge is 0.241 e. The van der Waals surface area contributed by atoms with Gasteiger partial charge in [-0.15, -0.1) is 0 Å². The minimum absolute atomic E-state index is 0.00118. The lowest BCUT2D eigenvalue weighted by molar-refractivity contribution is -0.128. The molecule has 0 bridgehead atoms. The number of nitrogen functional groups attached to an aromatic ring is 1. The zero-order chi connectivity index (χ0) is 12.8. The molecule has 1 rings (SSSR count). The molecule has 1 aromatic carbocycles. The molecule has 0 radical (unpaired) electrons. The second-order valence-electron chi connectivity index (χ2n) is 3.65. The molecular formula is C12H18FN3O. The standard InChI is InChI=1S/C12H18FN3O/c1-3-16(4-2)12(17)8-15-11-6-5-9(13)7-10(11)14/h5-7,15H,3-4,8,14H2,1-2H3. The van der Waals surface area contributed by atoms with E-state index in [1.165, 1.54) is 18.2 Å². The fourth-order valence-electron chi connectivity index (χ4n) is 1.55. The van der Waals surface area contributed by atoms with E-state index in [1.54, 1.807) is 4.90 Å². The second-order valence-corrected chi connectivity index (χ2v) is 3.65. The van der Waals surface area contributed by atoms with E-state index < -0.39 is 0 Å². The SMILES string of the molecule is CCN(CC)C(=O)CNc1ccc(F)cc1N. The molecule has 1 aromatic rings. The van der Waals surface area contributed by atoms with Gasteiger partial charge in [-0.2, -0.15) is 0 Å². The summed E-state index contributed by atoms with van der Waals surface area (Å²) in [5, 5.41) is 2.91. The molecule has 0 atom stereocenters. The van der Waals surface area contributed by atoms with Crippen LogP contribution in [0.5, 0.6) is 0 Å². The minimum Gasteiger partial charge on any atom is -0.397 e. The highest BCUT2D eigenvalue weighted by molar-refractivity contribution is 5.82. The van der Waals surface area contributed by atoms with Crippen molar-refractivity contribution in [2.45, 2.75) is 13.8 Å². The van der Waals surface area contributed by atoms with E-state index in [0.717, 1.165) is 0 Å². The predicted molar refractivity (Wildman–Crippen MR) is 67.2 cm³/mol. The number of hydrogen-bond acceptors (Lipinski definition) is 3. The Labute approximate surface area is 101 Å². The first kappa shape index (κ1) is 13.3. The minimum atomic E-state index is -0.386. The molecule has 0 heterocycles. The fraction of sp³-hybridized carbons (Fsp3) is 0.417. The van der Waals surface area contributed by atoms with E-state index >= 15 is 0 Å². The predicted octanol–water partition coefficient (Wildman–Crippen LogP) is 1.69. The number of carbonyl (C=O) groups excluding carboxylic acids is 1. The van der Waals surface area contributed by atoms with Crippen LogP contribution in [0.25, 0.3) is 0 Å². The van der Waals surface area contributed by atoms with Gasteiger partial charge in [0.2, 0.25) is 5.91 Å². The largest absolute Gasteiger partial charge is 0.397 e. The van der Waals surface area contributed by atoms with Gasteiger partial charge in [0.25, 0.3) is 0 Å². The zero-order valence-electron chi connectivity index (χ0n) is 10.2. The van der Waals surface area contributed by atoms with Crippen molar-refractivity contribution >= 4 is 17.3 Å². The highest BCUT2D eigenvalue weighted by Crippen LogP contribution is 2.18. The number of rotatable bonds is 5. The molecule has 3 N–H and O–H groups in total. The number of likely N-dealkylation sites (N-methyl/N-ethyl adjacent to an activating group) is 1. The first-order valence-electron chi connectivity index (χ1n) is 5.65. The summed E-state index contributed by atoms with van der Waals surface area (Å²) in [5.41, 5.74) is 6.50. The number of nitrogens with two attached hydrogens (primary N) is 1. The molecule has 1 amide bonds. The van der Waals surface area contributed by atoms with Crippen molar-refractivity contribution in [2.75, 3.05) is 30.7 Å². The molecule has 0 spiro atoms. The lowest BCUT2D eigenvalue weighted by Gasteiger charge is -2.19. The van der Waals surface area contributed by atoms with Crippen molar-refractivity contribution in [3.63, 3.8) is 0 Å². The van der Waals surface area contributed by atoms with Gasteiger partial charge in [-0.1, -0.05) is 0 Å². The number of nitrogens with zero attached hydrogens (tertiary/aromatic N) is 1. The number of benzene rings is 1. The molecule has 4 nitrogen and oxygen atoms in total. The molecule has 94 valence electrons. The molecule has 0 saturated carbocycles. The summed E-state index contributed by atoms with van der Waals surface area (Å²) in [6.07, 6.45) is 0. The van der Waals surface area contributed by atoms with Gasteiger partial charge < -0.3 is 16.0 Å². The normalized spacial score (nSPS) is 10.1. The Bertz CT molecular complexity index is 391. The van der Waals surface area contributed by atoms with Crippen molar-refractivity contribution < 1.29 is 9.18 Å². The third kappa shape index (κ3) is 3.62. The van der Waals surface area contributed by atoms with Crippen molar-refractivity contribution in [1.82, 2.24) is 4.90 Å². The number of anilines is 2. The zero-order valence-corrected chi connectivity index (χ0v) is 10.2. The Balaban J connectivity index is 2.58. The Hall–Kier alpha value is -1.78. The lowest BCUT2D eigenvalue weighted by Crippen LogP contribution is -2.35. The van der Waals surface area contributed by atoms with E-state index in [-0.39, 0.29) is 18.3 Å². The van der Waals surface area contributed by atoms with Crippen molar-refractivity contribution in [3.05, 3.63) is 24.0 Å². The number of hydrogen-bond donors (Lipinski definition) is 2. The molecule has 0 aliphatic rings. The fourth-order valence-corrected chi connectivity index (χ4v) is 1.55. The third-order valence-electron chi connectivity index (χ3n) is 2.56. The van der Waals surface area contributed by atoms with Crippen LogP contribution in [0.4, 0.5) is 15.8 Å². The number of carbonyl (C=O) groups is 1. The summed E-state index contributed by atoms with van der Waals surface area (Å²) in [5.74, 6) is -0.387. The Morgan fingerprint density at radius 2 is 2.06 bits per heavy atom. The molecule has 0 aliphatic heterocycles.